The fourth-order valence-corrected chi connectivity index (χ4v) is 9.81. The lowest BCUT2D eigenvalue weighted by molar-refractivity contribution is -0.167. The maximum absolute atomic E-state index is 12.9. The minimum absolute atomic E-state index is 0.0761. The van der Waals surface area contributed by atoms with Gasteiger partial charge in [0.2, 0.25) is 0 Å². The third-order valence-corrected chi connectivity index (χ3v) is 15.0. The molecule has 470 valence electrons. The molecule has 6 heteroatoms. The molecule has 0 aliphatic carbocycles. The first-order valence-electron chi connectivity index (χ1n) is 34.9. The number of rotatable bonds is 63. The third kappa shape index (κ3) is 66.9. The number of ether oxygens (including phenoxy) is 3. The van der Waals surface area contributed by atoms with Crippen molar-refractivity contribution < 1.29 is 28.6 Å². The van der Waals surface area contributed by atoms with Crippen LogP contribution in [0, 0.1) is 0 Å². The number of unbranched alkanes of at least 4 members (excludes halogenated alkanes) is 34. The van der Waals surface area contributed by atoms with Gasteiger partial charge in [-0.2, -0.15) is 0 Å². The normalized spacial score (nSPS) is 12.8. The van der Waals surface area contributed by atoms with Crippen molar-refractivity contribution in [1.82, 2.24) is 0 Å². The molecule has 0 aliphatic heterocycles. The van der Waals surface area contributed by atoms with Crippen LogP contribution in [0.1, 0.15) is 335 Å². The van der Waals surface area contributed by atoms with Crippen molar-refractivity contribution in [2.24, 2.45) is 0 Å². The molecule has 82 heavy (non-hydrogen) atoms. The van der Waals surface area contributed by atoms with Crippen molar-refractivity contribution in [3.63, 3.8) is 0 Å². The lowest BCUT2D eigenvalue weighted by Crippen LogP contribution is -2.30. The van der Waals surface area contributed by atoms with Gasteiger partial charge in [0.05, 0.1) is 0 Å². The van der Waals surface area contributed by atoms with Gasteiger partial charge in [-0.25, -0.2) is 0 Å². The highest BCUT2D eigenvalue weighted by molar-refractivity contribution is 5.71. The first-order chi connectivity index (χ1) is 40.5. The Hall–Kier alpha value is -3.93. The minimum atomic E-state index is -0.779. The second-order valence-corrected chi connectivity index (χ2v) is 23.1. The number of esters is 3. The first kappa shape index (κ1) is 78.1. The molecule has 0 radical (unpaired) electrons. The van der Waals surface area contributed by atoms with E-state index in [4.69, 9.17) is 14.2 Å². The second kappa shape index (κ2) is 69.6. The van der Waals surface area contributed by atoms with E-state index in [1.54, 1.807) is 0 Å². The SMILES string of the molecule is CC/C=C\C/C=C\C/C=C\C/C=C\C/C=C\C/C=C\C/C=C\C/C=C\CCCCCCCCCCCCC(=O)OCC(COC(=O)CCCCCCCCCCCC)OC(=O)CCCCCCCCCCC/C=C\CCCCCCCC. The predicted octanol–water partition coefficient (Wildman–Crippen LogP) is 24.2. The minimum Gasteiger partial charge on any atom is -0.462 e. The Kier molecular flexibility index (Phi) is 66.2. The summed E-state index contributed by atoms with van der Waals surface area (Å²) in [4.78, 5) is 38.3. The van der Waals surface area contributed by atoms with Crippen LogP contribution < -0.4 is 0 Å². The first-order valence-corrected chi connectivity index (χ1v) is 34.9. The Morgan fingerprint density at radius 2 is 0.476 bits per heavy atom. The van der Waals surface area contributed by atoms with Gasteiger partial charge in [-0.1, -0.05) is 316 Å². The molecule has 0 bridgehead atoms. The summed E-state index contributed by atoms with van der Waals surface area (Å²) in [6, 6.07) is 0. The fourth-order valence-electron chi connectivity index (χ4n) is 9.81. The summed E-state index contributed by atoms with van der Waals surface area (Å²) >= 11 is 0. The Bertz CT molecular complexity index is 1640. The van der Waals surface area contributed by atoms with Crippen molar-refractivity contribution in [2.75, 3.05) is 13.2 Å². The van der Waals surface area contributed by atoms with Crippen LogP contribution in [0.15, 0.2) is 109 Å². The van der Waals surface area contributed by atoms with Gasteiger partial charge in [-0.05, 0) is 109 Å². The van der Waals surface area contributed by atoms with E-state index in [0.29, 0.717) is 19.3 Å². The molecule has 0 amide bonds. The fraction of sp³-hybridized carbons (Fsp3) is 0.724. The highest BCUT2D eigenvalue weighted by atomic mass is 16.6. The second-order valence-electron chi connectivity index (χ2n) is 23.1. The van der Waals surface area contributed by atoms with E-state index in [0.717, 1.165) is 109 Å². The summed E-state index contributed by atoms with van der Waals surface area (Å²) < 4.78 is 16.9. The van der Waals surface area contributed by atoms with E-state index in [-0.39, 0.29) is 31.1 Å². The molecule has 1 atom stereocenters. The molecular weight excluding hydrogens is 1010 g/mol. The molecule has 0 saturated carbocycles. The van der Waals surface area contributed by atoms with E-state index in [9.17, 15) is 14.4 Å². The van der Waals surface area contributed by atoms with Crippen molar-refractivity contribution in [3.05, 3.63) is 109 Å². The van der Waals surface area contributed by atoms with Crippen molar-refractivity contribution in [2.45, 2.75) is 341 Å². The van der Waals surface area contributed by atoms with Crippen LogP contribution in [0.3, 0.4) is 0 Å². The molecule has 0 heterocycles. The van der Waals surface area contributed by atoms with Gasteiger partial charge in [0.1, 0.15) is 13.2 Å². The summed E-state index contributed by atoms with van der Waals surface area (Å²) in [6.07, 6.45) is 95.4. The summed E-state index contributed by atoms with van der Waals surface area (Å²) in [7, 11) is 0. The van der Waals surface area contributed by atoms with E-state index in [1.165, 1.54) is 186 Å². The van der Waals surface area contributed by atoms with Crippen LogP contribution in [-0.4, -0.2) is 37.2 Å². The van der Waals surface area contributed by atoms with Gasteiger partial charge >= 0.3 is 17.9 Å². The summed E-state index contributed by atoms with van der Waals surface area (Å²) in [6.45, 7) is 6.54. The average Bonchev–Trinajstić information content (AvgIpc) is 3.48. The molecular formula is C76H130O6. The molecule has 0 aromatic carbocycles. The zero-order chi connectivity index (χ0) is 59.2. The smallest absolute Gasteiger partial charge is 0.306 e. The summed E-state index contributed by atoms with van der Waals surface area (Å²) in [5.74, 6) is -0.872. The third-order valence-electron chi connectivity index (χ3n) is 15.0. The van der Waals surface area contributed by atoms with E-state index in [1.807, 2.05) is 0 Å². The van der Waals surface area contributed by atoms with Crippen molar-refractivity contribution >= 4 is 17.9 Å². The lowest BCUT2D eigenvalue weighted by Gasteiger charge is -2.18. The van der Waals surface area contributed by atoms with Gasteiger partial charge in [-0.3, -0.25) is 14.4 Å². The van der Waals surface area contributed by atoms with Crippen LogP contribution in [0.2, 0.25) is 0 Å². The molecule has 1 unspecified atom stereocenters. The molecule has 0 fully saturated rings. The van der Waals surface area contributed by atoms with Gasteiger partial charge in [0, 0.05) is 19.3 Å². The molecule has 0 spiro atoms. The highest BCUT2D eigenvalue weighted by Gasteiger charge is 2.19. The standard InChI is InChI=1S/C76H130O6/c1-4-7-10-13-16-19-22-24-26-28-30-31-32-33-34-35-36-37-38-39-40-41-42-43-44-45-47-48-50-52-54-57-60-63-66-69-75(78)81-72-73(71-80-74(77)68-65-62-59-56-21-18-15-12-9-6-3)82-76(79)70-67-64-61-58-55-53-51-49-46-29-27-25-23-20-17-14-11-8-5-2/h7,10,16,19,24-27,30-31,33-34,36-37,39-40,42-43,73H,4-6,8-9,11-15,17-18,20-23,28-29,32,35,38,41,44-72H2,1-3H3/b10-7-,19-16-,26-24-,27-25-,31-30-,34-33-,37-36-,40-39-,43-42-. The molecule has 0 aromatic rings. The maximum atomic E-state index is 12.9. The monoisotopic (exact) mass is 1140 g/mol. The Labute approximate surface area is 508 Å². The number of carbonyl (C=O) groups is 3. The summed E-state index contributed by atoms with van der Waals surface area (Å²) in [5, 5.41) is 0. The molecule has 0 N–H and O–H groups in total. The predicted molar refractivity (Wildman–Crippen MR) is 357 cm³/mol. The van der Waals surface area contributed by atoms with Crippen LogP contribution in [0.4, 0.5) is 0 Å². The lowest BCUT2D eigenvalue weighted by atomic mass is 10.0. The Morgan fingerprint density at radius 3 is 0.756 bits per heavy atom. The molecule has 0 aromatic heterocycles. The van der Waals surface area contributed by atoms with Crippen molar-refractivity contribution in [1.29, 1.82) is 0 Å². The number of hydrogen-bond acceptors (Lipinski definition) is 6. The molecule has 0 rings (SSSR count). The van der Waals surface area contributed by atoms with E-state index < -0.39 is 6.10 Å². The largest absolute Gasteiger partial charge is 0.462 e. The zero-order valence-corrected chi connectivity index (χ0v) is 54.0. The molecule has 6 nitrogen and oxygen atoms in total. The van der Waals surface area contributed by atoms with Gasteiger partial charge in [-0.15, -0.1) is 0 Å². The number of carbonyl (C=O) groups excluding carboxylic acids is 3. The Morgan fingerprint density at radius 1 is 0.256 bits per heavy atom. The number of hydrogen-bond donors (Lipinski definition) is 0. The van der Waals surface area contributed by atoms with E-state index in [2.05, 4.69) is 130 Å². The van der Waals surface area contributed by atoms with Gasteiger partial charge in [0.15, 0.2) is 6.10 Å². The average molecular weight is 1140 g/mol. The van der Waals surface area contributed by atoms with Crippen LogP contribution >= 0.6 is 0 Å². The zero-order valence-electron chi connectivity index (χ0n) is 54.0. The maximum Gasteiger partial charge on any atom is 0.306 e. The van der Waals surface area contributed by atoms with Crippen LogP contribution in [-0.2, 0) is 28.6 Å². The topological polar surface area (TPSA) is 78.9 Å². The summed E-state index contributed by atoms with van der Waals surface area (Å²) in [5.41, 5.74) is 0. The number of allylic oxidation sites excluding steroid dienone is 18. The highest BCUT2D eigenvalue weighted by Crippen LogP contribution is 2.17. The van der Waals surface area contributed by atoms with Crippen molar-refractivity contribution in [3.8, 4) is 0 Å². The van der Waals surface area contributed by atoms with Gasteiger partial charge < -0.3 is 14.2 Å². The van der Waals surface area contributed by atoms with Crippen LogP contribution in [0.25, 0.3) is 0 Å². The van der Waals surface area contributed by atoms with E-state index >= 15 is 0 Å². The quantitative estimate of drug-likeness (QED) is 0.0261. The van der Waals surface area contributed by atoms with Gasteiger partial charge in [0.25, 0.3) is 0 Å². The Balaban J connectivity index is 4.18. The van der Waals surface area contributed by atoms with Crippen LogP contribution in [0.5, 0.6) is 0 Å². The molecule has 0 aliphatic rings. The molecule has 0 saturated heterocycles.